The Labute approximate surface area is 93.9 Å². The molecule has 0 unspecified atom stereocenters. The van der Waals surface area contributed by atoms with Crippen molar-refractivity contribution in [1.29, 1.82) is 0 Å². The number of halogens is 2. The molecule has 0 amide bonds. The fourth-order valence-corrected chi connectivity index (χ4v) is 0.346. The summed E-state index contributed by atoms with van der Waals surface area (Å²) in [5.41, 5.74) is 0. The predicted molar refractivity (Wildman–Crippen MR) is 23.0 cm³/mol. The van der Waals surface area contributed by atoms with Crippen molar-refractivity contribution in [2.45, 2.75) is 0 Å². The molecule has 0 N–H and O–H groups in total. The first kappa shape index (κ1) is 9.65. The molecular formula is C5H2F2KN. The van der Waals surface area contributed by atoms with Crippen molar-refractivity contribution in [1.82, 2.24) is 4.98 Å². The van der Waals surface area contributed by atoms with Gasteiger partial charge in [0.05, 0.1) is 11.9 Å². The molecular weight excluding hydrogens is 151 g/mol. The van der Waals surface area contributed by atoms with E-state index in [1.165, 1.54) is 0 Å². The number of hydrogen-bond acceptors (Lipinski definition) is 1. The molecule has 42 valence electrons. The Morgan fingerprint density at radius 2 is 1.67 bits per heavy atom. The summed E-state index contributed by atoms with van der Waals surface area (Å²) in [6, 6.07) is 4.14. The first-order chi connectivity index (χ1) is 3.79. The van der Waals surface area contributed by atoms with E-state index in [4.69, 9.17) is 0 Å². The Hall–Kier alpha value is 0.646. The van der Waals surface area contributed by atoms with Crippen molar-refractivity contribution in [2.75, 3.05) is 0 Å². The van der Waals surface area contributed by atoms with Gasteiger partial charge in [0.25, 0.3) is 0 Å². The zero-order valence-electron chi connectivity index (χ0n) is 4.86. The second-order valence-corrected chi connectivity index (χ2v) is 1.21. The molecule has 0 aliphatic carbocycles. The SMILES string of the molecule is Fc1c[c-]cc(F)n1.[K+]. The monoisotopic (exact) mass is 153 g/mol. The number of pyridine rings is 1. The summed E-state index contributed by atoms with van der Waals surface area (Å²) in [5.74, 6) is -1.69. The van der Waals surface area contributed by atoms with E-state index in [2.05, 4.69) is 11.1 Å². The van der Waals surface area contributed by atoms with E-state index < -0.39 is 11.9 Å². The number of rotatable bonds is 0. The van der Waals surface area contributed by atoms with Gasteiger partial charge in [-0.25, -0.2) is 0 Å². The third-order valence-corrected chi connectivity index (χ3v) is 0.618. The topological polar surface area (TPSA) is 12.9 Å². The zero-order chi connectivity index (χ0) is 5.98. The molecule has 1 heterocycles. The van der Waals surface area contributed by atoms with E-state index in [1.807, 2.05) is 0 Å². The average molecular weight is 153 g/mol. The molecule has 9 heavy (non-hydrogen) atoms. The van der Waals surface area contributed by atoms with Gasteiger partial charge in [0.15, 0.2) is 0 Å². The standard InChI is InChI=1S/C5H2F2N.K/c6-4-2-1-3-5(7)8-4;/h2-3H;/q-1;+1. The van der Waals surface area contributed by atoms with Crippen LogP contribution in [-0.2, 0) is 0 Å². The smallest absolute Gasteiger partial charge is 0.323 e. The molecule has 0 radical (unpaired) electrons. The molecule has 4 heteroatoms. The maximum atomic E-state index is 11.8. The molecule has 1 nitrogen and oxygen atoms in total. The van der Waals surface area contributed by atoms with E-state index in [1.54, 1.807) is 0 Å². The van der Waals surface area contributed by atoms with Crippen LogP contribution in [0.25, 0.3) is 0 Å². The summed E-state index contributed by atoms with van der Waals surface area (Å²) in [4.78, 5) is 2.81. The van der Waals surface area contributed by atoms with Gasteiger partial charge in [-0.2, -0.15) is 6.07 Å². The molecule has 0 fully saturated rings. The predicted octanol–water partition coefficient (Wildman–Crippen LogP) is -1.84. The molecule has 0 bridgehead atoms. The van der Waals surface area contributed by atoms with Crippen molar-refractivity contribution in [3.63, 3.8) is 0 Å². The number of hydrogen-bond donors (Lipinski definition) is 0. The Kier molecular flexibility index (Phi) is 4.78. The summed E-state index contributed by atoms with van der Waals surface area (Å²) in [5, 5.41) is 0. The van der Waals surface area contributed by atoms with Crippen LogP contribution in [0.2, 0.25) is 0 Å². The van der Waals surface area contributed by atoms with E-state index in [-0.39, 0.29) is 51.4 Å². The number of nitrogens with zero attached hydrogens (tertiary/aromatic N) is 1. The molecule has 0 spiro atoms. The maximum absolute atomic E-state index is 11.8. The second-order valence-electron chi connectivity index (χ2n) is 1.21. The Balaban J connectivity index is 0.000000640. The summed E-state index contributed by atoms with van der Waals surface area (Å²) in [6.07, 6.45) is 0. The first-order valence-corrected chi connectivity index (χ1v) is 1.98. The average Bonchev–Trinajstić information content (AvgIpc) is 1.64. The van der Waals surface area contributed by atoms with Crippen LogP contribution in [0.5, 0.6) is 0 Å². The van der Waals surface area contributed by atoms with E-state index >= 15 is 0 Å². The van der Waals surface area contributed by atoms with Crippen molar-refractivity contribution >= 4 is 0 Å². The fourth-order valence-electron chi connectivity index (χ4n) is 0.346. The van der Waals surface area contributed by atoms with Gasteiger partial charge in [-0.3, -0.25) is 8.78 Å². The normalized spacial score (nSPS) is 8.22. The Morgan fingerprint density at radius 3 is 1.89 bits per heavy atom. The third-order valence-electron chi connectivity index (χ3n) is 0.618. The van der Waals surface area contributed by atoms with Crippen LogP contribution in [0.4, 0.5) is 8.78 Å². The number of aromatic nitrogens is 1. The van der Waals surface area contributed by atoms with Crippen molar-refractivity contribution in [3.05, 3.63) is 30.1 Å². The minimum atomic E-state index is -0.843. The van der Waals surface area contributed by atoms with Crippen molar-refractivity contribution in [2.24, 2.45) is 0 Å². The molecule has 0 aliphatic rings. The van der Waals surface area contributed by atoms with Crippen LogP contribution >= 0.6 is 0 Å². The molecule has 0 aromatic carbocycles. The molecule has 0 aliphatic heterocycles. The van der Waals surface area contributed by atoms with Crippen molar-refractivity contribution < 1.29 is 60.2 Å². The minimum absolute atomic E-state index is 0. The fraction of sp³-hybridized carbons (Fsp3) is 0. The molecule has 1 aromatic heterocycles. The van der Waals surface area contributed by atoms with E-state index in [0.29, 0.717) is 0 Å². The van der Waals surface area contributed by atoms with Crippen LogP contribution in [-0.4, -0.2) is 4.98 Å². The summed E-state index contributed by atoms with van der Waals surface area (Å²) in [7, 11) is 0. The summed E-state index contributed by atoms with van der Waals surface area (Å²) < 4.78 is 23.6. The third kappa shape index (κ3) is 3.37. The van der Waals surface area contributed by atoms with Crippen molar-refractivity contribution in [3.8, 4) is 0 Å². The first-order valence-electron chi connectivity index (χ1n) is 1.98. The van der Waals surface area contributed by atoms with Crippen LogP contribution in [0.15, 0.2) is 12.1 Å². The molecule has 0 atom stereocenters. The maximum Gasteiger partial charge on any atom is 1.00 e. The van der Waals surface area contributed by atoms with Gasteiger partial charge in [0, 0.05) is 0 Å². The Bertz CT molecular complexity index is 175. The quantitative estimate of drug-likeness (QED) is 0.242. The molecule has 0 saturated carbocycles. The molecule has 1 aromatic rings. The van der Waals surface area contributed by atoms with Gasteiger partial charge in [0.1, 0.15) is 0 Å². The van der Waals surface area contributed by atoms with Crippen LogP contribution in [0.3, 0.4) is 0 Å². The second kappa shape index (κ2) is 4.46. The molecule has 0 saturated heterocycles. The Morgan fingerprint density at radius 1 is 1.22 bits per heavy atom. The van der Waals surface area contributed by atoms with E-state index in [9.17, 15) is 8.78 Å². The zero-order valence-corrected chi connectivity index (χ0v) is 7.98. The van der Waals surface area contributed by atoms with Gasteiger partial charge < -0.3 is 4.98 Å². The van der Waals surface area contributed by atoms with Crippen LogP contribution < -0.4 is 51.4 Å². The van der Waals surface area contributed by atoms with Gasteiger partial charge in [-0.15, -0.1) is 12.1 Å². The van der Waals surface area contributed by atoms with Gasteiger partial charge in [-0.05, 0) is 0 Å². The van der Waals surface area contributed by atoms with Gasteiger partial charge >= 0.3 is 51.4 Å². The van der Waals surface area contributed by atoms with Crippen LogP contribution in [0, 0.1) is 18.0 Å². The van der Waals surface area contributed by atoms with Gasteiger partial charge in [0.2, 0.25) is 0 Å². The summed E-state index contributed by atoms with van der Waals surface area (Å²) in [6.45, 7) is 0. The van der Waals surface area contributed by atoms with E-state index in [0.717, 1.165) is 12.1 Å². The van der Waals surface area contributed by atoms with Crippen LogP contribution in [0.1, 0.15) is 0 Å². The largest absolute Gasteiger partial charge is 1.00 e. The minimum Gasteiger partial charge on any atom is -0.323 e. The summed E-state index contributed by atoms with van der Waals surface area (Å²) >= 11 is 0. The van der Waals surface area contributed by atoms with Gasteiger partial charge in [-0.1, -0.05) is 0 Å². The molecule has 1 rings (SSSR count).